The maximum Gasteiger partial charge on any atom is 0.0159 e. The molecule has 0 heteroatoms. The lowest BCUT2D eigenvalue weighted by molar-refractivity contribution is 0.308. The highest BCUT2D eigenvalue weighted by molar-refractivity contribution is 6.04. The fraction of sp³-hybridized carbons (Fsp3) is 0.515. The topological polar surface area (TPSA) is 0 Å². The van der Waals surface area contributed by atoms with E-state index in [2.05, 4.69) is 76.2 Å². The van der Waals surface area contributed by atoms with E-state index in [4.69, 9.17) is 0 Å². The molecule has 0 nitrogen and oxygen atoms in total. The zero-order chi connectivity index (χ0) is 23.0. The van der Waals surface area contributed by atoms with E-state index < -0.39 is 0 Å². The number of benzene rings is 3. The Bertz CT molecular complexity index is 1120. The third-order valence-corrected chi connectivity index (χ3v) is 8.88. The molecule has 0 spiro atoms. The van der Waals surface area contributed by atoms with Gasteiger partial charge in [0.1, 0.15) is 0 Å². The first-order chi connectivity index (χ1) is 16.0. The van der Waals surface area contributed by atoms with Crippen LogP contribution in [0.15, 0.2) is 48.5 Å². The van der Waals surface area contributed by atoms with E-state index in [0.29, 0.717) is 0 Å². The van der Waals surface area contributed by atoms with Gasteiger partial charge in [-0.2, -0.15) is 0 Å². The van der Waals surface area contributed by atoms with E-state index in [1.807, 2.05) is 0 Å². The van der Waals surface area contributed by atoms with Crippen LogP contribution in [0.2, 0.25) is 0 Å². The summed E-state index contributed by atoms with van der Waals surface area (Å²) in [6.45, 7) is 9.54. The lowest BCUT2D eigenvalue weighted by atomic mass is 9.67. The number of rotatable bonds is 7. The molecule has 0 aliphatic heterocycles. The molecular formula is C33H42. The monoisotopic (exact) mass is 438 g/mol. The normalized spacial score (nSPS) is 21.2. The van der Waals surface area contributed by atoms with E-state index in [1.54, 1.807) is 5.56 Å². The molecule has 0 unspecified atom stereocenters. The second-order valence-corrected chi connectivity index (χ2v) is 11.4. The highest BCUT2D eigenvalue weighted by atomic mass is 14.4. The van der Waals surface area contributed by atoms with Crippen LogP contribution in [0.1, 0.15) is 114 Å². The quantitative estimate of drug-likeness (QED) is 0.322. The summed E-state index contributed by atoms with van der Waals surface area (Å²) in [5.74, 6) is 1.72. The number of fused-ring (bicyclic) bond motifs is 2. The third kappa shape index (κ3) is 4.05. The average molecular weight is 439 g/mol. The van der Waals surface area contributed by atoms with Gasteiger partial charge in [0.05, 0.1) is 0 Å². The van der Waals surface area contributed by atoms with Crippen LogP contribution < -0.4 is 0 Å². The van der Waals surface area contributed by atoms with Gasteiger partial charge in [0, 0.05) is 5.41 Å². The van der Waals surface area contributed by atoms with Crippen molar-refractivity contribution in [1.82, 2.24) is 0 Å². The summed E-state index contributed by atoms with van der Waals surface area (Å²) in [6, 6.07) is 19.4. The number of aryl methyl sites for hydroxylation is 1. The molecule has 0 bridgehead atoms. The number of hydrogen-bond donors (Lipinski definition) is 0. The van der Waals surface area contributed by atoms with Crippen LogP contribution >= 0.6 is 0 Å². The SMILES string of the molecule is CCCCCc1ccc2c3c(cccc13)C(C)(C)c1cc(C3CCC(CCC)CC3)ccc1-2. The molecule has 2 aliphatic carbocycles. The van der Waals surface area contributed by atoms with E-state index in [-0.39, 0.29) is 5.41 Å². The van der Waals surface area contributed by atoms with Crippen LogP contribution in [0.3, 0.4) is 0 Å². The highest BCUT2D eigenvalue weighted by Gasteiger charge is 2.34. The van der Waals surface area contributed by atoms with Crippen molar-refractivity contribution >= 4 is 10.8 Å². The fourth-order valence-corrected chi connectivity index (χ4v) is 6.90. The Morgan fingerprint density at radius 2 is 1.58 bits per heavy atom. The molecule has 0 heterocycles. The molecule has 3 aromatic rings. The summed E-state index contributed by atoms with van der Waals surface area (Å²) in [5.41, 5.74) is 9.13. The van der Waals surface area contributed by atoms with Crippen molar-refractivity contribution in [3.8, 4) is 11.1 Å². The van der Waals surface area contributed by atoms with E-state index >= 15 is 0 Å². The lowest BCUT2D eigenvalue weighted by Crippen LogP contribution is -2.24. The van der Waals surface area contributed by atoms with Gasteiger partial charge in [-0.15, -0.1) is 0 Å². The molecule has 0 saturated heterocycles. The van der Waals surface area contributed by atoms with Gasteiger partial charge in [-0.25, -0.2) is 0 Å². The number of hydrogen-bond acceptors (Lipinski definition) is 0. The van der Waals surface area contributed by atoms with Crippen LogP contribution in [0.4, 0.5) is 0 Å². The van der Waals surface area contributed by atoms with Gasteiger partial charge < -0.3 is 0 Å². The second-order valence-electron chi connectivity index (χ2n) is 11.4. The summed E-state index contributed by atoms with van der Waals surface area (Å²) in [6.07, 6.45) is 13.4. The molecule has 0 aromatic heterocycles. The minimum absolute atomic E-state index is 0.0410. The van der Waals surface area contributed by atoms with Gasteiger partial charge in [-0.05, 0) is 94.5 Å². The largest absolute Gasteiger partial charge is 0.0654 e. The first-order valence-corrected chi connectivity index (χ1v) is 13.7. The second kappa shape index (κ2) is 9.28. The Labute approximate surface area is 201 Å². The van der Waals surface area contributed by atoms with Gasteiger partial charge in [0.15, 0.2) is 0 Å². The van der Waals surface area contributed by atoms with Crippen LogP contribution in [0, 0.1) is 5.92 Å². The lowest BCUT2D eigenvalue weighted by Gasteiger charge is -2.37. The molecule has 0 atom stereocenters. The zero-order valence-electron chi connectivity index (χ0n) is 21.3. The molecule has 0 amide bonds. The van der Waals surface area contributed by atoms with Crippen molar-refractivity contribution in [1.29, 1.82) is 0 Å². The van der Waals surface area contributed by atoms with Gasteiger partial charge in [0.25, 0.3) is 0 Å². The summed E-state index contributed by atoms with van der Waals surface area (Å²) >= 11 is 0. The van der Waals surface area contributed by atoms with Gasteiger partial charge in [-0.3, -0.25) is 0 Å². The van der Waals surface area contributed by atoms with Crippen molar-refractivity contribution in [3.05, 3.63) is 70.8 Å². The van der Waals surface area contributed by atoms with Crippen molar-refractivity contribution < 1.29 is 0 Å². The van der Waals surface area contributed by atoms with Crippen LogP contribution in [0.25, 0.3) is 21.9 Å². The first-order valence-electron chi connectivity index (χ1n) is 13.7. The summed E-state index contributed by atoms with van der Waals surface area (Å²) in [4.78, 5) is 0. The van der Waals surface area contributed by atoms with E-state index in [0.717, 1.165) is 11.8 Å². The summed E-state index contributed by atoms with van der Waals surface area (Å²) < 4.78 is 0. The zero-order valence-corrected chi connectivity index (χ0v) is 21.3. The molecule has 174 valence electrons. The fourth-order valence-electron chi connectivity index (χ4n) is 6.90. The van der Waals surface area contributed by atoms with E-state index in [1.165, 1.54) is 103 Å². The Kier molecular flexibility index (Phi) is 6.39. The molecule has 2 aliphatic rings. The first kappa shape index (κ1) is 22.7. The minimum atomic E-state index is 0.0410. The molecule has 5 rings (SSSR count). The Morgan fingerprint density at radius 1 is 0.788 bits per heavy atom. The molecule has 0 N–H and O–H groups in total. The predicted octanol–water partition coefficient (Wildman–Crippen LogP) is 9.95. The highest BCUT2D eigenvalue weighted by Crippen LogP contribution is 2.50. The molecular weight excluding hydrogens is 396 g/mol. The Balaban J connectivity index is 1.54. The Morgan fingerprint density at radius 3 is 2.33 bits per heavy atom. The molecule has 33 heavy (non-hydrogen) atoms. The van der Waals surface area contributed by atoms with Crippen LogP contribution in [-0.2, 0) is 11.8 Å². The average Bonchev–Trinajstić information content (AvgIpc) is 2.84. The van der Waals surface area contributed by atoms with E-state index in [9.17, 15) is 0 Å². The predicted molar refractivity (Wildman–Crippen MR) is 144 cm³/mol. The van der Waals surface area contributed by atoms with Crippen LogP contribution in [0.5, 0.6) is 0 Å². The summed E-state index contributed by atoms with van der Waals surface area (Å²) in [7, 11) is 0. The van der Waals surface area contributed by atoms with Crippen molar-refractivity contribution in [2.24, 2.45) is 5.92 Å². The maximum atomic E-state index is 2.59. The molecule has 3 aromatic carbocycles. The van der Waals surface area contributed by atoms with Gasteiger partial charge in [-0.1, -0.05) is 102 Å². The Hall–Kier alpha value is -2.08. The van der Waals surface area contributed by atoms with Crippen molar-refractivity contribution in [3.63, 3.8) is 0 Å². The molecule has 0 radical (unpaired) electrons. The molecule has 1 saturated carbocycles. The van der Waals surface area contributed by atoms with Gasteiger partial charge in [0.2, 0.25) is 0 Å². The maximum absolute atomic E-state index is 2.59. The van der Waals surface area contributed by atoms with Crippen LogP contribution in [-0.4, -0.2) is 0 Å². The summed E-state index contributed by atoms with van der Waals surface area (Å²) in [5, 5.41) is 3.00. The standard InChI is InChI=1S/C33H42/c1-5-7-8-11-25-18-21-29-28-20-19-26(24-16-14-23(10-6-2)15-17-24)22-31(28)33(3,4)30-13-9-12-27(25)32(29)30/h9,12-13,18-24H,5-8,10-11,14-17H2,1-4H3. The third-order valence-electron chi connectivity index (χ3n) is 8.88. The van der Waals surface area contributed by atoms with Gasteiger partial charge >= 0.3 is 0 Å². The smallest absolute Gasteiger partial charge is 0.0159 e. The molecule has 1 fully saturated rings. The minimum Gasteiger partial charge on any atom is -0.0654 e. The number of unbranched alkanes of at least 4 members (excludes halogenated alkanes) is 2. The van der Waals surface area contributed by atoms with Crippen molar-refractivity contribution in [2.75, 3.05) is 0 Å². The van der Waals surface area contributed by atoms with Crippen molar-refractivity contribution in [2.45, 2.75) is 103 Å².